The smallest absolute Gasteiger partial charge is 0.0874 e. The lowest BCUT2D eigenvalue weighted by molar-refractivity contribution is -0.0457. The zero-order chi connectivity index (χ0) is 10.7. The summed E-state index contributed by atoms with van der Waals surface area (Å²) >= 11 is 3.41. The van der Waals surface area contributed by atoms with E-state index >= 15 is 0 Å². The largest absolute Gasteiger partial charge is 0.396 e. The van der Waals surface area contributed by atoms with Gasteiger partial charge in [0.25, 0.3) is 0 Å². The first-order valence-electron chi connectivity index (χ1n) is 5.29. The Kier molecular flexibility index (Phi) is 3.78. The maximum atomic E-state index is 9.29. The lowest BCUT2D eigenvalue weighted by Crippen LogP contribution is -2.25. The molecule has 0 aliphatic carbocycles. The third-order valence-corrected chi connectivity index (χ3v) is 3.41. The molecule has 2 unspecified atom stereocenters. The van der Waals surface area contributed by atoms with Crippen molar-refractivity contribution in [2.45, 2.75) is 18.9 Å². The predicted octanol–water partition coefficient (Wildman–Crippen LogP) is 2.91. The minimum Gasteiger partial charge on any atom is -0.396 e. The fraction of sp³-hybridized carbons (Fsp3) is 0.500. The van der Waals surface area contributed by atoms with Crippen molar-refractivity contribution >= 4 is 15.9 Å². The summed E-state index contributed by atoms with van der Waals surface area (Å²) in [5.74, 6) is 0.250. The first-order chi connectivity index (χ1) is 7.31. The monoisotopic (exact) mass is 270 g/mol. The summed E-state index contributed by atoms with van der Waals surface area (Å²) in [6, 6.07) is 8.15. The number of rotatable bonds is 2. The second kappa shape index (κ2) is 5.10. The molecule has 0 radical (unpaired) electrons. The van der Waals surface area contributed by atoms with E-state index in [0.29, 0.717) is 0 Å². The number of hydrogen-bond acceptors (Lipinski definition) is 2. The molecule has 1 aliphatic heterocycles. The highest BCUT2D eigenvalue weighted by Crippen LogP contribution is 2.33. The van der Waals surface area contributed by atoms with Gasteiger partial charge in [-0.15, -0.1) is 0 Å². The average molecular weight is 271 g/mol. The Morgan fingerprint density at radius 2 is 2.07 bits per heavy atom. The van der Waals surface area contributed by atoms with Crippen LogP contribution >= 0.6 is 15.9 Å². The maximum Gasteiger partial charge on any atom is 0.0874 e. The molecule has 0 bridgehead atoms. The number of aliphatic hydroxyl groups excluding tert-OH is 1. The molecule has 1 heterocycles. The highest BCUT2D eigenvalue weighted by Gasteiger charge is 2.26. The number of halogens is 1. The van der Waals surface area contributed by atoms with Crippen LogP contribution in [0.5, 0.6) is 0 Å². The SMILES string of the molecule is OCC1CCCOC1c1ccc(Br)cc1. The fourth-order valence-electron chi connectivity index (χ4n) is 2.05. The summed E-state index contributed by atoms with van der Waals surface area (Å²) < 4.78 is 6.80. The van der Waals surface area contributed by atoms with E-state index in [9.17, 15) is 5.11 Å². The van der Waals surface area contributed by atoms with Gasteiger partial charge in [0.15, 0.2) is 0 Å². The highest BCUT2D eigenvalue weighted by molar-refractivity contribution is 9.10. The molecule has 2 atom stereocenters. The first-order valence-corrected chi connectivity index (χ1v) is 6.08. The van der Waals surface area contributed by atoms with E-state index in [1.807, 2.05) is 12.1 Å². The van der Waals surface area contributed by atoms with Crippen LogP contribution in [0.3, 0.4) is 0 Å². The normalized spacial score (nSPS) is 26.5. The second-order valence-electron chi connectivity index (χ2n) is 3.93. The molecule has 0 amide bonds. The molecule has 82 valence electrons. The van der Waals surface area contributed by atoms with Gasteiger partial charge in [0.05, 0.1) is 6.10 Å². The summed E-state index contributed by atoms with van der Waals surface area (Å²) in [5.41, 5.74) is 1.16. The second-order valence-corrected chi connectivity index (χ2v) is 4.84. The molecule has 0 aromatic heterocycles. The molecule has 1 N–H and O–H groups in total. The van der Waals surface area contributed by atoms with Crippen LogP contribution in [0.2, 0.25) is 0 Å². The zero-order valence-corrected chi connectivity index (χ0v) is 10.1. The minimum atomic E-state index is 0.0665. The third-order valence-electron chi connectivity index (χ3n) is 2.88. The van der Waals surface area contributed by atoms with Gasteiger partial charge in [-0.3, -0.25) is 0 Å². The molecule has 0 saturated carbocycles. The Bertz CT molecular complexity index is 310. The summed E-state index contributed by atoms with van der Waals surface area (Å²) in [5, 5.41) is 9.29. The lowest BCUT2D eigenvalue weighted by atomic mass is 9.90. The predicted molar refractivity (Wildman–Crippen MR) is 62.6 cm³/mol. The van der Waals surface area contributed by atoms with Gasteiger partial charge in [-0.25, -0.2) is 0 Å². The topological polar surface area (TPSA) is 29.5 Å². The van der Waals surface area contributed by atoms with Crippen LogP contribution in [0.1, 0.15) is 24.5 Å². The van der Waals surface area contributed by atoms with Gasteiger partial charge in [-0.1, -0.05) is 28.1 Å². The van der Waals surface area contributed by atoms with Crippen LogP contribution < -0.4 is 0 Å². The molecular weight excluding hydrogens is 256 g/mol. The minimum absolute atomic E-state index is 0.0665. The van der Waals surface area contributed by atoms with E-state index in [0.717, 1.165) is 29.5 Å². The van der Waals surface area contributed by atoms with Crippen LogP contribution in [-0.2, 0) is 4.74 Å². The number of benzene rings is 1. The van der Waals surface area contributed by atoms with Crippen molar-refractivity contribution in [3.63, 3.8) is 0 Å². The average Bonchev–Trinajstić information content (AvgIpc) is 2.30. The number of hydrogen-bond donors (Lipinski definition) is 1. The van der Waals surface area contributed by atoms with Gasteiger partial charge in [-0.2, -0.15) is 0 Å². The van der Waals surface area contributed by atoms with E-state index in [-0.39, 0.29) is 18.6 Å². The van der Waals surface area contributed by atoms with Crippen molar-refractivity contribution in [2.75, 3.05) is 13.2 Å². The molecule has 2 rings (SSSR count). The molecular formula is C12H15BrO2. The van der Waals surface area contributed by atoms with Crippen molar-refractivity contribution in [1.82, 2.24) is 0 Å². The van der Waals surface area contributed by atoms with E-state index in [1.165, 1.54) is 0 Å². The Hall–Kier alpha value is -0.380. The van der Waals surface area contributed by atoms with Gasteiger partial charge >= 0.3 is 0 Å². The molecule has 1 aromatic carbocycles. The maximum absolute atomic E-state index is 9.29. The third kappa shape index (κ3) is 2.60. The fourth-order valence-corrected chi connectivity index (χ4v) is 2.32. The van der Waals surface area contributed by atoms with Crippen LogP contribution in [-0.4, -0.2) is 18.3 Å². The Labute approximate surface area is 98.4 Å². The molecule has 15 heavy (non-hydrogen) atoms. The Balaban J connectivity index is 2.16. The highest BCUT2D eigenvalue weighted by atomic mass is 79.9. The lowest BCUT2D eigenvalue weighted by Gasteiger charge is -2.30. The summed E-state index contributed by atoms with van der Waals surface area (Å²) in [4.78, 5) is 0. The summed E-state index contributed by atoms with van der Waals surface area (Å²) in [6.07, 6.45) is 2.17. The molecule has 1 fully saturated rings. The van der Waals surface area contributed by atoms with Crippen molar-refractivity contribution in [2.24, 2.45) is 5.92 Å². The van der Waals surface area contributed by atoms with Crippen LogP contribution in [0.15, 0.2) is 28.7 Å². The van der Waals surface area contributed by atoms with E-state index in [2.05, 4.69) is 28.1 Å². The van der Waals surface area contributed by atoms with Gasteiger partial charge in [0, 0.05) is 23.6 Å². The van der Waals surface area contributed by atoms with Gasteiger partial charge in [-0.05, 0) is 30.5 Å². The van der Waals surface area contributed by atoms with E-state index < -0.39 is 0 Å². The quantitative estimate of drug-likeness (QED) is 0.896. The molecule has 0 spiro atoms. The van der Waals surface area contributed by atoms with E-state index in [1.54, 1.807) is 0 Å². The Morgan fingerprint density at radius 1 is 1.33 bits per heavy atom. The van der Waals surface area contributed by atoms with Crippen molar-refractivity contribution in [3.8, 4) is 0 Å². The van der Waals surface area contributed by atoms with Crippen LogP contribution in [0.4, 0.5) is 0 Å². The van der Waals surface area contributed by atoms with Crippen molar-refractivity contribution in [3.05, 3.63) is 34.3 Å². The molecule has 1 aliphatic rings. The molecule has 1 aromatic rings. The van der Waals surface area contributed by atoms with Gasteiger partial charge < -0.3 is 9.84 Å². The summed E-state index contributed by atoms with van der Waals surface area (Å²) in [7, 11) is 0. The molecule has 1 saturated heterocycles. The summed E-state index contributed by atoms with van der Waals surface area (Å²) in [6.45, 7) is 1.01. The molecule has 3 heteroatoms. The van der Waals surface area contributed by atoms with Crippen molar-refractivity contribution in [1.29, 1.82) is 0 Å². The standard InChI is InChI=1S/C12H15BrO2/c13-11-5-3-9(4-6-11)12-10(8-14)2-1-7-15-12/h3-6,10,12,14H,1-2,7-8H2. The van der Waals surface area contributed by atoms with Crippen LogP contribution in [0, 0.1) is 5.92 Å². The zero-order valence-electron chi connectivity index (χ0n) is 8.53. The van der Waals surface area contributed by atoms with Gasteiger partial charge in [0.2, 0.25) is 0 Å². The van der Waals surface area contributed by atoms with Gasteiger partial charge in [0.1, 0.15) is 0 Å². The number of aliphatic hydroxyl groups is 1. The molecule has 2 nitrogen and oxygen atoms in total. The van der Waals surface area contributed by atoms with Crippen molar-refractivity contribution < 1.29 is 9.84 Å². The number of ether oxygens (including phenoxy) is 1. The van der Waals surface area contributed by atoms with E-state index in [4.69, 9.17) is 4.74 Å². The first kappa shape index (κ1) is 11.1. The van der Waals surface area contributed by atoms with Crippen LogP contribution in [0.25, 0.3) is 0 Å². The Morgan fingerprint density at radius 3 is 2.73 bits per heavy atom.